The standard InChI is InChI=1S/C8H6BrN3O/c9-5-3-6(7(10)13)8-11-1-2-12(8)4-5/h1-4H,(H2,10,13). The van der Waals surface area contributed by atoms with Crippen molar-refractivity contribution >= 4 is 27.5 Å². The molecular formula is C8H6BrN3O. The molecule has 2 aromatic heterocycles. The molecule has 0 aliphatic carbocycles. The van der Waals surface area contributed by atoms with E-state index in [9.17, 15) is 4.79 Å². The van der Waals surface area contributed by atoms with E-state index < -0.39 is 5.91 Å². The van der Waals surface area contributed by atoms with Crippen molar-refractivity contribution in [1.29, 1.82) is 0 Å². The van der Waals surface area contributed by atoms with Gasteiger partial charge in [0.05, 0.1) is 5.56 Å². The molecule has 0 atom stereocenters. The zero-order valence-corrected chi connectivity index (χ0v) is 8.15. The van der Waals surface area contributed by atoms with Gasteiger partial charge in [-0.05, 0) is 22.0 Å². The van der Waals surface area contributed by atoms with Gasteiger partial charge in [0, 0.05) is 23.1 Å². The first-order valence-electron chi connectivity index (χ1n) is 3.60. The van der Waals surface area contributed by atoms with Crippen molar-refractivity contribution in [3.8, 4) is 0 Å². The number of primary amides is 1. The average molecular weight is 240 g/mol. The molecule has 2 aromatic rings. The van der Waals surface area contributed by atoms with Crippen LogP contribution in [0.5, 0.6) is 0 Å². The Kier molecular flexibility index (Phi) is 1.81. The molecule has 1 amide bonds. The molecule has 0 saturated heterocycles. The van der Waals surface area contributed by atoms with Gasteiger partial charge in [-0.1, -0.05) is 0 Å². The maximum atomic E-state index is 11.0. The van der Waals surface area contributed by atoms with Crippen molar-refractivity contribution in [2.24, 2.45) is 5.73 Å². The first-order chi connectivity index (χ1) is 6.18. The van der Waals surface area contributed by atoms with Gasteiger partial charge in [0.25, 0.3) is 5.91 Å². The van der Waals surface area contributed by atoms with Crippen molar-refractivity contribution in [3.63, 3.8) is 0 Å². The fourth-order valence-corrected chi connectivity index (χ4v) is 1.63. The van der Waals surface area contributed by atoms with Crippen LogP contribution in [0.4, 0.5) is 0 Å². The van der Waals surface area contributed by atoms with Crippen molar-refractivity contribution in [2.45, 2.75) is 0 Å². The third-order valence-corrected chi connectivity index (χ3v) is 2.15. The summed E-state index contributed by atoms with van der Waals surface area (Å²) in [7, 11) is 0. The Morgan fingerprint density at radius 2 is 2.38 bits per heavy atom. The van der Waals surface area contributed by atoms with Gasteiger partial charge in [-0.3, -0.25) is 4.79 Å². The van der Waals surface area contributed by atoms with Gasteiger partial charge in [0.2, 0.25) is 0 Å². The molecule has 0 radical (unpaired) electrons. The molecule has 0 bridgehead atoms. The van der Waals surface area contributed by atoms with Crippen LogP contribution in [0.1, 0.15) is 10.4 Å². The second kappa shape index (κ2) is 2.85. The Hall–Kier alpha value is -1.36. The molecular weight excluding hydrogens is 234 g/mol. The summed E-state index contributed by atoms with van der Waals surface area (Å²) in [6.45, 7) is 0. The molecule has 2 heterocycles. The van der Waals surface area contributed by atoms with Crippen LogP contribution >= 0.6 is 15.9 Å². The molecule has 0 aliphatic heterocycles. The van der Waals surface area contributed by atoms with Gasteiger partial charge >= 0.3 is 0 Å². The molecule has 2 rings (SSSR count). The van der Waals surface area contributed by atoms with Crippen LogP contribution in [0.15, 0.2) is 29.1 Å². The lowest BCUT2D eigenvalue weighted by Crippen LogP contribution is -2.12. The van der Waals surface area contributed by atoms with Gasteiger partial charge in [0.1, 0.15) is 5.65 Å². The molecule has 0 saturated carbocycles. The lowest BCUT2D eigenvalue weighted by Gasteiger charge is -2.00. The Labute approximate surface area is 82.5 Å². The van der Waals surface area contributed by atoms with Crippen molar-refractivity contribution in [1.82, 2.24) is 9.38 Å². The first kappa shape index (κ1) is 8.25. The number of aromatic nitrogens is 2. The van der Waals surface area contributed by atoms with Crippen LogP contribution in [0.25, 0.3) is 5.65 Å². The van der Waals surface area contributed by atoms with Gasteiger partial charge in [-0.25, -0.2) is 4.98 Å². The van der Waals surface area contributed by atoms with Crippen molar-refractivity contribution in [3.05, 3.63) is 34.7 Å². The monoisotopic (exact) mass is 239 g/mol. The lowest BCUT2D eigenvalue weighted by atomic mass is 10.2. The van der Waals surface area contributed by atoms with Crippen LogP contribution < -0.4 is 5.73 Å². The van der Waals surface area contributed by atoms with Crippen LogP contribution in [0, 0.1) is 0 Å². The molecule has 0 spiro atoms. The smallest absolute Gasteiger partial charge is 0.252 e. The molecule has 13 heavy (non-hydrogen) atoms. The fourth-order valence-electron chi connectivity index (χ4n) is 1.18. The van der Waals surface area contributed by atoms with E-state index in [2.05, 4.69) is 20.9 Å². The van der Waals surface area contributed by atoms with Gasteiger partial charge < -0.3 is 10.1 Å². The normalized spacial score (nSPS) is 10.5. The van der Waals surface area contributed by atoms with Crippen LogP contribution in [0.2, 0.25) is 0 Å². The summed E-state index contributed by atoms with van der Waals surface area (Å²) in [5.41, 5.74) is 6.19. The number of nitrogens with two attached hydrogens (primary N) is 1. The number of fused-ring (bicyclic) bond motifs is 1. The van der Waals surface area contributed by atoms with E-state index >= 15 is 0 Å². The summed E-state index contributed by atoms with van der Waals surface area (Å²) in [4.78, 5) is 15.0. The topological polar surface area (TPSA) is 60.4 Å². The number of amides is 1. The number of carbonyl (C=O) groups excluding carboxylic acids is 1. The Balaban J connectivity index is 2.84. The maximum Gasteiger partial charge on any atom is 0.252 e. The van der Waals surface area contributed by atoms with Gasteiger partial charge in [-0.2, -0.15) is 0 Å². The zero-order valence-electron chi connectivity index (χ0n) is 6.57. The molecule has 0 unspecified atom stereocenters. The van der Waals surface area contributed by atoms with E-state index in [4.69, 9.17) is 5.73 Å². The van der Waals surface area contributed by atoms with E-state index in [1.807, 2.05) is 6.20 Å². The Bertz CT molecular complexity index is 477. The minimum absolute atomic E-state index is 0.416. The number of halogens is 1. The maximum absolute atomic E-state index is 11.0. The second-order valence-corrected chi connectivity index (χ2v) is 3.51. The van der Waals surface area contributed by atoms with E-state index in [1.54, 1.807) is 22.9 Å². The summed E-state index contributed by atoms with van der Waals surface area (Å²) < 4.78 is 2.54. The Morgan fingerprint density at radius 3 is 3.08 bits per heavy atom. The zero-order chi connectivity index (χ0) is 9.42. The number of rotatable bonds is 1. The summed E-state index contributed by atoms with van der Waals surface area (Å²) in [5, 5.41) is 0. The van der Waals surface area contributed by atoms with Crippen molar-refractivity contribution in [2.75, 3.05) is 0 Å². The predicted octanol–water partition coefficient (Wildman–Crippen LogP) is 1.20. The Morgan fingerprint density at radius 1 is 1.62 bits per heavy atom. The minimum Gasteiger partial charge on any atom is -0.365 e. The SMILES string of the molecule is NC(=O)c1cc(Br)cn2ccnc12. The third kappa shape index (κ3) is 1.31. The van der Waals surface area contributed by atoms with E-state index in [-0.39, 0.29) is 0 Å². The molecule has 0 aliphatic rings. The third-order valence-electron chi connectivity index (χ3n) is 1.72. The molecule has 2 N–H and O–H groups in total. The first-order valence-corrected chi connectivity index (χ1v) is 4.40. The minimum atomic E-state index is -0.475. The lowest BCUT2D eigenvalue weighted by molar-refractivity contribution is 0.100. The molecule has 66 valence electrons. The number of nitrogens with zero attached hydrogens (tertiary/aromatic N) is 2. The number of carbonyl (C=O) groups is 1. The summed E-state index contributed by atoms with van der Waals surface area (Å²) >= 11 is 3.28. The van der Waals surface area contributed by atoms with Gasteiger partial charge in [-0.15, -0.1) is 0 Å². The highest BCUT2D eigenvalue weighted by Crippen LogP contribution is 2.15. The van der Waals surface area contributed by atoms with Gasteiger partial charge in [0.15, 0.2) is 0 Å². The molecule has 0 fully saturated rings. The summed E-state index contributed by atoms with van der Waals surface area (Å²) in [6, 6.07) is 1.66. The summed E-state index contributed by atoms with van der Waals surface area (Å²) in [6.07, 6.45) is 5.19. The average Bonchev–Trinajstić information content (AvgIpc) is 2.49. The molecule has 4 nitrogen and oxygen atoms in total. The molecule has 0 aromatic carbocycles. The number of imidazole rings is 1. The van der Waals surface area contributed by atoms with E-state index in [0.29, 0.717) is 11.2 Å². The fraction of sp³-hybridized carbons (Fsp3) is 0. The number of pyridine rings is 1. The van der Waals surface area contributed by atoms with E-state index in [0.717, 1.165) is 4.47 Å². The van der Waals surface area contributed by atoms with Crippen LogP contribution in [-0.4, -0.2) is 15.3 Å². The largest absolute Gasteiger partial charge is 0.365 e. The van der Waals surface area contributed by atoms with Crippen LogP contribution in [-0.2, 0) is 0 Å². The van der Waals surface area contributed by atoms with Crippen LogP contribution in [0.3, 0.4) is 0 Å². The molecule has 5 heteroatoms. The second-order valence-electron chi connectivity index (χ2n) is 2.59. The highest BCUT2D eigenvalue weighted by molar-refractivity contribution is 9.10. The predicted molar refractivity (Wildman–Crippen MR) is 51.4 cm³/mol. The quantitative estimate of drug-likeness (QED) is 0.813. The van der Waals surface area contributed by atoms with Crippen molar-refractivity contribution < 1.29 is 4.79 Å². The highest BCUT2D eigenvalue weighted by atomic mass is 79.9. The number of hydrogen-bond donors (Lipinski definition) is 1. The summed E-state index contributed by atoms with van der Waals surface area (Å²) in [5.74, 6) is -0.475. The highest BCUT2D eigenvalue weighted by Gasteiger charge is 2.08. The number of hydrogen-bond acceptors (Lipinski definition) is 2. The van der Waals surface area contributed by atoms with E-state index in [1.165, 1.54) is 0 Å².